The lowest BCUT2D eigenvalue weighted by Gasteiger charge is -2.16. The summed E-state index contributed by atoms with van der Waals surface area (Å²) in [5.74, 6) is 0.529. The molecule has 0 bridgehead atoms. The highest BCUT2D eigenvalue weighted by atomic mass is 35.5. The van der Waals surface area contributed by atoms with Gasteiger partial charge in [0.05, 0.1) is 0 Å². The molecular weight excluding hydrogens is 228 g/mol. The molecule has 5 nitrogen and oxygen atoms in total. The fourth-order valence-corrected chi connectivity index (χ4v) is 1.33. The molecule has 0 spiro atoms. The van der Waals surface area contributed by atoms with E-state index in [0.29, 0.717) is 12.5 Å². The summed E-state index contributed by atoms with van der Waals surface area (Å²) in [6, 6.07) is 0. The summed E-state index contributed by atoms with van der Waals surface area (Å²) in [7, 11) is 5.45. The van der Waals surface area contributed by atoms with Crippen LogP contribution in [0.15, 0.2) is 12.4 Å². The van der Waals surface area contributed by atoms with Crippen molar-refractivity contribution in [2.45, 2.75) is 6.54 Å². The Bertz CT molecular complexity index is 352. The van der Waals surface area contributed by atoms with Crippen LogP contribution in [-0.2, 0) is 11.3 Å². The Labute approximate surface area is 100 Å². The smallest absolute Gasteiger partial charge is 0.237 e. The standard InChI is InChI=1S/C10H15ClN4O/c1-14(2)10-12-5-8(6-13-10)7-15(3)9(16)4-11/h5-6H,4,7H2,1-3H3. The number of hydrogen-bond donors (Lipinski definition) is 0. The second-order valence-electron chi connectivity index (χ2n) is 3.67. The van der Waals surface area contributed by atoms with Crippen LogP contribution < -0.4 is 4.90 Å². The number of amides is 1. The van der Waals surface area contributed by atoms with Gasteiger partial charge in [0, 0.05) is 45.6 Å². The topological polar surface area (TPSA) is 49.3 Å². The van der Waals surface area contributed by atoms with Gasteiger partial charge >= 0.3 is 0 Å². The van der Waals surface area contributed by atoms with E-state index >= 15 is 0 Å². The molecule has 6 heteroatoms. The molecule has 0 aliphatic carbocycles. The van der Waals surface area contributed by atoms with Gasteiger partial charge in [0.1, 0.15) is 5.88 Å². The quantitative estimate of drug-likeness (QED) is 0.731. The highest BCUT2D eigenvalue weighted by molar-refractivity contribution is 6.27. The van der Waals surface area contributed by atoms with Gasteiger partial charge in [0.25, 0.3) is 0 Å². The molecule has 0 atom stereocenters. The van der Waals surface area contributed by atoms with Crippen molar-refractivity contribution in [3.05, 3.63) is 18.0 Å². The average Bonchev–Trinajstić information content (AvgIpc) is 2.28. The number of carbonyl (C=O) groups is 1. The zero-order valence-electron chi connectivity index (χ0n) is 9.64. The predicted octanol–water partition coefficient (Wildman–Crippen LogP) is 0.740. The first-order chi connectivity index (χ1) is 7.54. The monoisotopic (exact) mass is 242 g/mol. The van der Waals surface area contributed by atoms with Crippen molar-refractivity contribution in [1.29, 1.82) is 0 Å². The van der Waals surface area contributed by atoms with E-state index in [0.717, 1.165) is 5.56 Å². The van der Waals surface area contributed by atoms with Gasteiger partial charge in [-0.25, -0.2) is 9.97 Å². The summed E-state index contributed by atoms with van der Waals surface area (Å²) in [6.45, 7) is 0.471. The fraction of sp³-hybridized carbons (Fsp3) is 0.500. The summed E-state index contributed by atoms with van der Waals surface area (Å²) in [5.41, 5.74) is 0.881. The van der Waals surface area contributed by atoms with Crippen LogP contribution in [0.1, 0.15) is 5.56 Å². The van der Waals surface area contributed by atoms with Crippen molar-refractivity contribution < 1.29 is 4.79 Å². The summed E-state index contributed by atoms with van der Waals surface area (Å²) >= 11 is 5.45. The van der Waals surface area contributed by atoms with E-state index in [1.54, 1.807) is 24.3 Å². The molecule has 0 saturated heterocycles. The molecule has 0 aromatic carbocycles. The fourth-order valence-electron chi connectivity index (χ4n) is 1.12. The van der Waals surface area contributed by atoms with E-state index in [1.165, 1.54) is 0 Å². The highest BCUT2D eigenvalue weighted by Gasteiger charge is 2.08. The van der Waals surface area contributed by atoms with Gasteiger partial charge < -0.3 is 9.80 Å². The molecule has 0 fully saturated rings. The van der Waals surface area contributed by atoms with Crippen LogP contribution >= 0.6 is 11.6 Å². The van der Waals surface area contributed by atoms with E-state index in [4.69, 9.17) is 11.6 Å². The number of aromatic nitrogens is 2. The largest absolute Gasteiger partial charge is 0.347 e. The molecule has 1 aromatic heterocycles. The summed E-state index contributed by atoms with van der Waals surface area (Å²) < 4.78 is 0. The second kappa shape index (κ2) is 5.65. The lowest BCUT2D eigenvalue weighted by atomic mass is 10.3. The van der Waals surface area contributed by atoms with Gasteiger partial charge in [-0.3, -0.25) is 4.79 Å². The van der Waals surface area contributed by atoms with E-state index in [9.17, 15) is 4.79 Å². The molecule has 16 heavy (non-hydrogen) atoms. The summed E-state index contributed by atoms with van der Waals surface area (Å²) in [6.07, 6.45) is 3.42. The first-order valence-corrected chi connectivity index (χ1v) is 5.36. The molecule has 0 aliphatic heterocycles. The molecule has 88 valence electrons. The van der Waals surface area contributed by atoms with Crippen LogP contribution in [0.2, 0.25) is 0 Å². The Morgan fingerprint density at radius 2 is 1.88 bits per heavy atom. The molecule has 0 N–H and O–H groups in total. The van der Waals surface area contributed by atoms with Crippen molar-refractivity contribution >= 4 is 23.5 Å². The minimum atomic E-state index is -0.113. The third-order valence-corrected chi connectivity index (χ3v) is 2.28. The highest BCUT2D eigenvalue weighted by Crippen LogP contribution is 2.05. The molecule has 0 unspecified atom stereocenters. The predicted molar refractivity (Wildman–Crippen MR) is 63.6 cm³/mol. The SMILES string of the molecule is CN(Cc1cnc(N(C)C)nc1)C(=O)CCl. The van der Waals surface area contributed by atoms with E-state index in [-0.39, 0.29) is 11.8 Å². The van der Waals surface area contributed by atoms with Crippen molar-refractivity contribution in [2.75, 3.05) is 31.9 Å². The molecule has 0 aliphatic rings. The first-order valence-electron chi connectivity index (χ1n) is 4.82. The average molecular weight is 243 g/mol. The van der Waals surface area contributed by atoms with Gasteiger partial charge in [-0.1, -0.05) is 0 Å². The minimum absolute atomic E-state index is 0.00681. The first kappa shape index (κ1) is 12.7. The lowest BCUT2D eigenvalue weighted by Crippen LogP contribution is -2.27. The zero-order valence-corrected chi connectivity index (χ0v) is 10.4. The number of anilines is 1. The van der Waals surface area contributed by atoms with Crippen LogP contribution in [0.5, 0.6) is 0 Å². The Hall–Kier alpha value is -1.36. The second-order valence-corrected chi connectivity index (χ2v) is 3.94. The van der Waals surface area contributed by atoms with Crippen molar-refractivity contribution in [3.63, 3.8) is 0 Å². The molecule has 1 heterocycles. The lowest BCUT2D eigenvalue weighted by molar-refractivity contribution is -0.127. The molecule has 0 radical (unpaired) electrons. The molecule has 0 saturated carbocycles. The Kier molecular flexibility index (Phi) is 4.49. The number of halogens is 1. The Balaban J connectivity index is 2.65. The van der Waals surface area contributed by atoms with Crippen LogP contribution in [-0.4, -0.2) is 47.8 Å². The van der Waals surface area contributed by atoms with Gasteiger partial charge in [-0.05, 0) is 0 Å². The number of carbonyl (C=O) groups excluding carboxylic acids is 1. The van der Waals surface area contributed by atoms with Gasteiger partial charge in [0.2, 0.25) is 11.9 Å². The van der Waals surface area contributed by atoms with Crippen LogP contribution in [0.3, 0.4) is 0 Å². The number of nitrogens with zero attached hydrogens (tertiary/aromatic N) is 4. The third-order valence-electron chi connectivity index (χ3n) is 2.05. The summed E-state index contributed by atoms with van der Waals surface area (Å²) in [5, 5.41) is 0. The summed E-state index contributed by atoms with van der Waals surface area (Å²) in [4.78, 5) is 22.9. The van der Waals surface area contributed by atoms with Gasteiger partial charge in [-0.2, -0.15) is 0 Å². The van der Waals surface area contributed by atoms with E-state index in [1.807, 2.05) is 19.0 Å². The normalized spacial score (nSPS) is 10.0. The van der Waals surface area contributed by atoms with Crippen LogP contribution in [0.25, 0.3) is 0 Å². The Morgan fingerprint density at radius 3 is 2.31 bits per heavy atom. The number of alkyl halides is 1. The van der Waals surface area contributed by atoms with Crippen LogP contribution in [0.4, 0.5) is 5.95 Å². The van der Waals surface area contributed by atoms with Crippen LogP contribution in [0, 0.1) is 0 Å². The molecule has 1 amide bonds. The number of hydrogen-bond acceptors (Lipinski definition) is 4. The zero-order chi connectivity index (χ0) is 12.1. The van der Waals surface area contributed by atoms with Crippen molar-refractivity contribution in [3.8, 4) is 0 Å². The van der Waals surface area contributed by atoms with E-state index < -0.39 is 0 Å². The molecular formula is C10H15ClN4O. The maximum absolute atomic E-state index is 11.2. The minimum Gasteiger partial charge on any atom is -0.347 e. The maximum atomic E-state index is 11.2. The van der Waals surface area contributed by atoms with Gasteiger partial charge in [0.15, 0.2) is 0 Å². The molecule has 1 rings (SSSR count). The molecule has 1 aromatic rings. The number of rotatable bonds is 4. The third kappa shape index (κ3) is 3.34. The van der Waals surface area contributed by atoms with Crippen molar-refractivity contribution in [2.24, 2.45) is 0 Å². The van der Waals surface area contributed by atoms with E-state index in [2.05, 4.69) is 9.97 Å². The maximum Gasteiger partial charge on any atom is 0.237 e. The van der Waals surface area contributed by atoms with Crippen molar-refractivity contribution in [1.82, 2.24) is 14.9 Å². The Morgan fingerprint density at radius 1 is 1.31 bits per heavy atom. The van der Waals surface area contributed by atoms with Gasteiger partial charge in [-0.15, -0.1) is 11.6 Å².